The predicted octanol–water partition coefficient (Wildman–Crippen LogP) is 2.34. The standard InChI is InChI=1S/C22H27N3O6S/c1-5-31-19-11-14(9-10-18(19)30-3)17(12-32(4,28)29)25-21(26)15-7-6-8-16(24-13(2)23)20(15)22(25)27/h6-11,17,21,26H,5,12H2,1-4H3,(H2,23,24)/t17-,21?/m1/s1. The summed E-state index contributed by atoms with van der Waals surface area (Å²) in [6, 6.07) is 8.85. The van der Waals surface area contributed by atoms with Gasteiger partial charge in [-0.2, -0.15) is 0 Å². The molecule has 0 spiro atoms. The number of aliphatic hydroxyl groups excluding tert-OH is 1. The van der Waals surface area contributed by atoms with Crippen molar-refractivity contribution in [1.82, 2.24) is 4.90 Å². The number of nitrogens with two attached hydrogens (primary N) is 1. The number of aliphatic hydroxyl groups is 1. The van der Waals surface area contributed by atoms with Crippen LogP contribution in [0.5, 0.6) is 11.5 Å². The number of benzene rings is 2. The number of amides is 1. The van der Waals surface area contributed by atoms with Crippen LogP contribution in [0.2, 0.25) is 0 Å². The highest BCUT2D eigenvalue weighted by molar-refractivity contribution is 7.90. The van der Waals surface area contributed by atoms with Gasteiger partial charge in [0, 0.05) is 11.8 Å². The van der Waals surface area contributed by atoms with Crippen LogP contribution in [-0.2, 0) is 9.84 Å². The molecule has 0 saturated heterocycles. The van der Waals surface area contributed by atoms with E-state index in [9.17, 15) is 18.3 Å². The van der Waals surface area contributed by atoms with Gasteiger partial charge in [0.1, 0.15) is 9.84 Å². The average Bonchev–Trinajstić information content (AvgIpc) is 2.96. The van der Waals surface area contributed by atoms with Crippen LogP contribution in [0.15, 0.2) is 41.4 Å². The molecule has 3 N–H and O–H groups in total. The van der Waals surface area contributed by atoms with Gasteiger partial charge in [0.15, 0.2) is 17.7 Å². The van der Waals surface area contributed by atoms with Crippen molar-refractivity contribution in [2.24, 2.45) is 10.7 Å². The first-order valence-electron chi connectivity index (χ1n) is 10.00. The summed E-state index contributed by atoms with van der Waals surface area (Å²) < 4.78 is 35.5. The van der Waals surface area contributed by atoms with E-state index in [1.54, 1.807) is 43.3 Å². The van der Waals surface area contributed by atoms with Gasteiger partial charge in [-0.15, -0.1) is 0 Å². The summed E-state index contributed by atoms with van der Waals surface area (Å²) in [5.74, 6) is 0.212. The highest BCUT2D eigenvalue weighted by atomic mass is 32.2. The molecule has 2 aromatic rings. The number of nitrogens with zero attached hydrogens (tertiary/aromatic N) is 2. The summed E-state index contributed by atoms with van der Waals surface area (Å²) in [7, 11) is -2.04. The molecule has 3 rings (SSSR count). The molecule has 1 amide bonds. The Labute approximate surface area is 187 Å². The van der Waals surface area contributed by atoms with E-state index in [0.717, 1.165) is 11.2 Å². The number of amidine groups is 1. The van der Waals surface area contributed by atoms with Gasteiger partial charge < -0.3 is 25.2 Å². The van der Waals surface area contributed by atoms with Gasteiger partial charge in [0.2, 0.25) is 0 Å². The second-order valence-corrected chi connectivity index (χ2v) is 9.72. The Kier molecular flexibility index (Phi) is 6.75. The molecule has 0 aliphatic carbocycles. The van der Waals surface area contributed by atoms with E-state index in [2.05, 4.69) is 4.99 Å². The van der Waals surface area contributed by atoms with Crippen LogP contribution in [0.4, 0.5) is 5.69 Å². The predicted molar refractivity (Wildman–Crippen MR) is 121 cm³/mol. The van der Waals surface area contributed by atoms with Crippen molar-refractivity contribution in [2.45, 2.75) is 26.1 Å². The van der Waals surface area contributed by atoms with E-state index in [0.29, 0.717) is 34.9 Å². The normalized spacial score (nSPS) is 17.3. The topological polar surface area (TPSA) is 132 Å². The first kappa shape index (κ1) is 23.6. The van der Waals surface area contributed by atoms with Gasteiger partial charge in [-0.05, 0) is 37.6 Å². The minimum absolute atomic E-state index is 0.196. The molecule has 2 atom stereocenters. The fourth-order valence-electron chi connectivity index (χ4n) is 3.78. The van der Waals surface area contributed by atoms with Gasteiger partial charge in [-0.25, -0.2) is 13.4 Å². The Morgan fingerprint density at radius 3 is 2.59 bits per heavy atom. The molecule has 32 heavy (non-hydrogen) atoms. The zero-order valence-electron chi connectivity index (χ0n) is 18.4. The van der Waals surface area contributed by atoms with Gasteiger partial charge >= 0.3 is 0 Å². The second kappa shape index (κ2) is 9.17. The number of hydrogen-bond donors (Lipinski definition) is 2. The number of carbonyl (C=O) groups excluding carboxylic acids is 1. The maximum atomic E-state index is 13.4. The first-order chi connectivity index (χ1) is 15.1. The highest BCUT2D eigenvalue weighted by Crippen LogP contribution is 2.43. The van der Waals surface area contributed by atoms with Crippen molar-refractivity contribution < 1.29 is 27.8 Å². The molecule has 0 fully saturated rings. The molecule has 0 bridgehead atoms. The zero-order valence-corrected chi connectivity index (χ0v) is 19.2. The number of ether oxygens (including phenoxy) is 2. The molecule has 1 aliphatic heterocycles. The smallest absolute Gasteiger partial charge is 0.259 e. The lowest BCUT2D eigenvalue weighted by atomic mass is 10.1. The largest absolute Gasteiger partial charge is 0.493 e. The van der Waals surface area contributed by atoms with Crippen LogP contribution in [-0.4, -0.2) is 55.9 Å². The van der Waals surface area contributed by atoms with E-state index in [-0.39, 0.29) is 11.4 Å². The fourth-order valence-corrected chi connectivity index (χ4v) is 4.71. The Balaban J connectivity index is 2.14. The molecule has 1 aliphatic rings. The number of methoxy groups -OCH3 is 1. The monoisotopic (exact) mass is 461 g/mol. The third-order valence-corrected chi connectivity index (χ3v) is 5.95. The summed E-state index contributed by atoms with van der Waals surface area (Å²) in [5, 5.41) is 11.0. The third-order valence-electron chi connectivity index (χ3n) is 5.03. The number of aliphatic imine (C=N–C) groups is 1. The molecule has 10 heteroatoms. The van der Waals surface area contributed by atoms with Crippen LogP contribution in [0.25, 0.3) is 0 Å². The Bertz CT molecular complexity index is 1160. The second-order valence-electron chi connectivity index (χ2n) is 7.53. The van der Waals surface area contributed by atoms with Crippen LogP contribution in [0.3, 0.4) is 0 Å². The van der Waals surface area contributed by atoms with Crippen LogP contribution < -0.4 is 15.2 Å². The molecule has 0 saturated carbocycles. The minimum Gasteiger partial charge on any atom is -0.493 e. The SMILES string of the molecule is CCOc1cc([C@@H](CS(C)(=O)=O)N2C(=O)c3c(N=C(C)N)cccc3C2O)ccc1OC. The van der Waals surface area contributed by atoms with Crippen molar-refractivity contribution in [3.8, 4) is 11.5 Å². The van der Waals surface area contributed by atoms with Gasteiger partial charge in [0.05, 0.1) is 42.6 Å². The summed E-state index contributed by atoms with van der Waals surface area (Å²) in [4.78, 5) is 18.8. The maximum absolute atomic E-state index is 13.4. The molecule has 1 unspecified atom stereocenters. The Morgan fingerprint density at radius 2 is 2.00 bits per heavy atom. The Morgan fingerprint density at radius 1 is 1.28 bits per heavy atom. The number of hydrogen-bond acceptors (Lipinski definition) is 7. The fraction of sp³-hybridized carbons (Fsp3) is 0.364. The van der Waals surface area contributed by atoms with Crippen molar-refractivity contribution in [2.75, 3.05) is 25.7 Å². The van der Waals surface area contributed by atoms with Gasteiger partial charge in [-0.3, -0.25) is 4.79 Å². The summed E-state index contributed by atoms with van der Waals surface area (Å²) in [5.41, 5.74) is 7.04. The summed E-state index contributed by atoms with van der Waals surface area (Å²) in [6.45, 7) is 3.77. The van der Waals surface area contributed by atoms with E-state index < -0.39 is 33.8 Å². The van der Waals surface area contributed by atoms with Gasteiger partial charge in [0.25, 0.3) is 5.91 Å². The summed E-state index contributed by atoms with van der Waals surface area (Å²) >= 11 is 0. The lowest BCUT2D eigenvalue weighted by Gasteiger charge is -2.31. The van der Waals surface area contributed by atoms with E-state index >= 15 is 0 Å². The minimum atomic E-state index is -3.54. The molecular weight excluding hydrogens is 434 g/mol. The molecule has 9 nitrogen and oxygen atoms in total. The molecule has 1 heterocycles. The number of sulfone groups is 1. The average molecular weight is 462 g/mol. The highest BCUT2D eigenvalue weighted by Gasteiger charge is 2.43. The number of fused-ring (bicyclic) bond motifs is 1. The van der Waals surface area contributed by atoms with Crippen molar-refractivity contribution in [3.05, 3.63) is 53.1 Å². The van der Waals surface area contributed by atoms with Crippen molar-refractivity contribution >= 4 is 27.3 Å². The van der Waals surface area contributed by atoms with Crippen LogP contribution in [0.1, 0.15) is 47.6 Å². The Hall–Kier alpha value is -3.11. The molecule has 2 aromatic carbocycles. The number of carbonyl (C=O) groups is 1. The van der Waals surface area contributed by atoms with Gasteiger partial charge in [-0.1, -0.05) is 18.2 Å². The molecule has 0 aromatic heterocycles. The van der Waals surface area contributed by atoms with Crippen LogP contribution in [0, 0.1) is 0 Å². The van der Waals surface area contributed by atoms with Crippen LogP contribution >= 0.6 is 0 Å². The number of rotatable bonds is 8. The van der Waals surface area contributed by atoms with E-state index in [1.807, 2.05) is 6.92 Å². The van der Waals surface area contributed by atoms with Crippen molar-refractivity contribution in [1.29, 1.82) is 0 Å². The molecule has 0 radical (unpaired) electrons. The first-order valence-corrected chi connectivity index (χ1v) is 12.1. The quantitative estimate of drug-likeness (QED) is 0.455. The van der Waals surface area contributed by atoms with Crippen molar-refractivity contribution in [3.63, 3.8) is 0 Å². The molecule has 172 valence electrons. The summed E-state index contributed by atoms with van der Waals surface area (Å²) in [6.07, 6.45) is -0.268. The van der Waals surface area contributed by atoms with E-state index in [1.165, 1.54) is 7.11 Å². The third kappa shape index (κ3) is 4.71. The van der Waals surface area contributed by atoms with E-state index in [4.69, 9.17) is 15.2 Å². The maximum Gasteiger partial charge on any atom is 0.259 e. The zero-order chi connectivity index (χ0) is 23.6. The lowest BCUT2D eigenvalue weighted by molar-refractivity contribution is 0.000314. The molecular formula is C22H27N3O6S. The lowest BCUT2D eigenvalue weighted by Crippen LogP contribution is -2.36.